The Morgan fingerprint density at radius 2 is 1.73 bits per heavy atom. The van der Waals surface area contributed by atoms with Gasteiger partial charge in [0.2, 0.25) is 0 Å². The van der Waals surface area contributed by atoms with Gasteiger partial charge in [0.15, 0.2) is 0 Å². The Hall–Kier alpha value is -3.16. The van der Waals surface area contributed by atoms with E-state index < -0.39 is 0 Å². The average molecular weight is 464 g/mol. The highest BCUT2D eigenvalue weighted by Crippen LogP contribution is 2.26. The van der Waals surface area contributed by atoms with Crippen LogP contribution < -0.4 is 15.4 Å². The number of benzene rings is 2. The number of amides is 2. The smallest absolute Gasteiger partial charge is 0.265 e. The van der Waals surface area contributed by atoms with Crippen molar-refractivity contribution in [3.8, 4) is 5.75 Å². The molecule has 172 valence electrons. The zero-order valence-corrected chi connectivity index (χ0v) is 19.6. The SMILES string of the molecule is COc1ccc([C@@H](CNC(=O)c2ccccc2NC(=O)c2cccs2)N2CCCCC2)cc1. The molecule has 0 bridgehead atoms. The summed E-state index contributed by atoms with van der Waals surface area (Å²) < 4.78 is 5.30. The normalized spacial score (nSPS) is 14.9. The van der Waals surface area contributed by atoms with Crippen LogP contribution in [0.4, 0.5) is 5.69 Å². The zero-order chi connectivity index (χ0) is 23.0. The molecule has 2 N–H and O–H groups in total. The number of carbonyl (C=O) groups is 2. The molecule has 1 atom stereocenters. The molecule has 0 radical (unpaired) electrons. The van der Waals surface area contributed by atoms with Gasteiger partial charge in [0.25, 0.3) is 11.8 Å². The predicted molar refractivity (Wildman–Crippen MR) is 132 cm³/mol. The van der Waals surface area contributed by atoms with Crippen LogP contribution in [-0.2, 0) is 0 Å². The highest BCUT2D eigenvalue weighted by Gasteiger charge is 2.24. The van der Waals surface area contributed by atoms with Crippen molar-refractivity contribution in [2.24, 2.45) is 0 Å². The van der Waals surface area contributed by atoms with Crippen LogP contribution in [0, 0.1) is 0 Å². The number of hydrogen-bond donors (Lipinski definition) is 2. The molecule has 1 saturated heterocycles. The van der Waals surface area contributed by atoms with Crippen molar-refractivity contribution in [1.82, 2.24) is 10.2 Å². The van der Waals surface area contributed by atoms with Crippen molar-refractivity contribution in [3.05, 3.63) is 82.0 Å². The monoisotopic (exact) mass is 463 g/mol. The number of thiophene rings is 1. The van der Waals surface area contributed by atoms with E-state index in [9.17, 15) is 9.59 Å². The summed E-state index contributed by atoms with van der Waals surface area (Å²) in [6, 6.07) is 18.9. The lowest BCUT2D eigenvalue weighted by molar-refractivity contribution is 0.0925. The van der Waals surface area contributed by atoms with E-state index in [1.165, 1.54) is 17.8 Å². The first kappa shape index (κ1) is 23.0. The number of ether oxygens (including phenoxy) is 1. The molecule has 3 aromatic rings. The molecule has 0 spiro atoms. The Kier molecular flexibility index (Phi) is 7.75. The number of piperidine rings is 1. The Balaban J connectivity index is 1.48. The first-order valence-corrected chi connectivity index (χ1v) is 12.1. The number of likely N-dealkylation sites (tertiary alicyclic amines) is 1. The molecular weight excluding hydrogens is 434 g/mol. The third-order valence-corrected chi connectivity index (χ3v) is 6.82. The van der Waals surface area contributed by atoms with Crippen LogP contribution >= 0.6 is 11.3 Å². The summed E-state index contributed by atoms with van der Waals surface area (Å²) in [7, 11) is 1.66. The number of rotatable bonds is 8. The number of para-hydroxylation sites is 1. The van der Waals surface area contributed by atoms with Crippen molar-refractivity contribution in [2.45, 2.75) is 25.3 Å². The Bertz CT molecular complexity index is 1060. The molecule has 0 unspecified atom stereocenters. The van der Waals surface area contributed by atoms with Gasteiger partial charge in [-0.2, -0.15) is 0 Å². The molecule has 2 amide bonds. The second kappa shape index (κ2) is 11.1. The largest absolute Gasteiger partial charge is 0.497 e. The highest BCUT2D eigenvalue weighted by molar-refractivity contribution is 7.12. The second-order valence-corrected chi connectivity index (χ2v) is 9.02. The fraction of sp³-hybridized carbons (Fsp3) is 0.308. The number of methoxy groups -OCH3 is 1. The van der Waals surface area contributed by atoms with Crippen LogP contribution in [0.25, 0.3) is 0 Å². The van der Waals surface area contributed by atoms with Crippen molar-refractivity contribution < 1.29 is 14.3 Å². The number of nitrogens with one attached hydrogen (secondary N) is 2. The third-order valence-electron chi connectivity index (χ3n) is 5.95. The van der Waals surface area contributed by atoms with Gasteiger partial charge in [-0.25, -0.2) is 0 Å². The van der Waals surface area contributed by atoms with E-state index >= 15 is 0 Å². The van der Waals surface area contributed by atoms with Gasteiger partial charge in [-0.3, -0.25) is 14.5 Å². The molecule has 1 aromatic heterocycles. The van der Waals surface area contributed by atoms with E-state index in [1.54, 1.807) is 31.4 Å². The summed E-state index contributed by atoms with van der Waals surface area (Å²) in [5.74, 6) is 0.401. The molecule has 7 heteroatoms. The maximum Gasteiger partial charge on any atom is 0.265 e. The molecule has 33 heavy (non-hydrogen) atoms. The van der Waals surface area contributed by atoms with Gasteiger partial charge in [-0.05, 0) is 67.2 Å². The van der Waals surface area contributed by atoms with Gasteiger partial charge in [-0.15, -0.1) is 11.3 Å². The van der Waals surface area contributed by atoms with Gasteiger partial charge >= 0.3 is 0 Å². The molecule has 2 aromatic carbocycles. The number of anilines is 1. The maximum absolute atomic E-state index is 13.2. The summed E-state index contributed by atoms with van der Waals surface area (Å²) in [5, 5.41) is 7.84. The third kappa shape index (κ3) is 5.80. The van der Waals surface area contributed by atoms with Crippen LogP contribution in [0.1, 0.15) is 50.9 Å². The van der Waals surface area contributed by atoms with Crippen LogP contribution in [0.5, 0.6) is 5.75 Å². The molecule has 0 aliphatic carbocycles. The van der Waals surface area contributed by atoms with Crippen molar-refractivity contribution in [3.63, 3.8) is 0 Å². The lowest BCUT2D eigenvalue weighted by atomic mass is 10.0. The molecule has 1 fully saturated rings. The Labute approximate surface area is 198 Å². The van der Waals surface area contributed by atoms with Crippen molar-refractivity contribution in [2.75, 3.05) is 32.1 Å². The number of carbonyl (C=O) groups excluding carboxylic acids is 2. The van der Waals surface area contributed by atoms with Crippen LogP contribution in [0.3, 0.4) is 0 Å². The Morgan fingerprint density at radius 3 is 2.42 bits per heavy atom. The van der Waals surface area contributed by atoms with E-state index in [0.717, 1.165) is 37.2 Å². The summed E-state index contributed by atoms with van der Waals surface area (Å²) in [5.41, 5.74) is 2.11. The van der Waals surface area contributed by atoms with Gasteiger partial charge in [-0.1, -0.05) is 36.8 Å². The van der Waals surface area contributed by atoms with Crippen molar-refractivity contribution >= 4 is 28.8 Å². The Morgan fingerprint density at radius 1 is 0.970 bits per heavy atom. The summed E-state index contributed by atoms with van der Waals surface area (Å²) in [6.07, 6.45) is 3.58. The summed E-state index contributed by atoms with van der Waals surface area (Å²) >= 11 is 1.37. The first-order chi connectivity index (χ1) is 16.2. The van der Waals surface area contributed by atoms with Crippen LogP contribution in [0.2, 0.25) is 0 Å². The molecule has 1 aliphatic heterocycles. The van der Waals surface area contributed by atoms with E-state index in [0.29, 0.717) is 22.7 Å². The maximum atomic E-state index is 13.2. The molecule has 1 aliphatic rings. The predicted octanol–water partition coefficient (Wildman–Crippen LogP) is 4.97. The minimum Gasteiger partial charge on any atom is -0.497 e. The minimum atomic E-state index is -0.213. The molecule has 2 heterocycles. The fourth-order valence-corrected chi connectivity index (χ4v) is 4.80. The van der Waals surface area contributed by atoms with E-state index in [1.807, 2.05) is 29.6 Å². The average Bonchev–Trinajstić information content (AvgIpc) is 3.41. The van der Waals surface area contributed by atoms with Gasteiger partial charge in [0.05, 0.1) is 29.3 Å². The number of nitrogens with zero attached hydrogens (tertiary/aromatic N) is 1. The summed E-state index contributed by atoms with van der Waals surface area (Å²) in [4.78, 5) is 28.7. The first-order valence-electron chi connectivity index (χ1n) is 11.3. The lowest BCUT2D eigenvalue weighted by Crippen LogP contribution is -2.40. The van der Waals surface area contributed by atoms with E-state index in [4.69, 9.17) is 4.74 Å². The quantitative estimate of drug-likeness (QED) is 0.495. The number of hydrogen-bond acceptors (Lipinski definition) is 5. The molecule has 0 saturated carbocycles. The minimum absolute atomic E-state index is 0.0769. The van der Waals surface area contributed by atoms with Crippen LogP contribution in [-0.4, -0.2) is 43.5 Å². The fourth-order valence-electron chi connectivity index (χ4n) is 4.18. The highest BCUT2D eigenvalue weighted by atomic mass is 32.1. The molecule has 6 nitrogen and oxygen atoms in total. The van der Waals surface area contributed by atoms with Gasteiger partial charge < -0.3 is 15.4 Å². The lowest BCUT2D eigenvalue weighted by Gasteiger charge is -2.35. The molecule has 4 rings (SSSR count). The summed E-state index contributed by atoms with van der Waals surface area (Å²) in [6.45, 7) is 2.51. The van der Waals surface area contributed by atoms with E-state index in [-0.39, 0.29) is 17.9 Å². The second-order valence-electron chi connectivity index (χ2n) is 8.07. The van der Waals surface area contributed by atoms with Gasteiger partial charge in [0, 0.05) is 6.54 Å². The standard InChI is InChI=1S/C26H29N3O3S/c1-32-20-13-11-19(12-14-20)23(29-15-5-2-6-16-29)18-27-25(30)21-8-3-4-9-22(21)28-26(31)24-10-7-17-33-24/h3-4,7-14,17,23H,2,5-6,15-16,18H2,1H3,(H,27,30)(H,28,31)/t23-/m1/s1. The van der Waals surface area contributed by atoms with Crippen LogP contribution in [0.15, 0.2) is 66.0 Å². The zero-order valence-electron chi connectivity index (χ0n) is 18.8. The van der Waals surface area contributed by atoms with Gasteiger partial charge in [0.1, 0.15) is 5.75 Å². The topological polar surface area (TPSA) is 70.7 Å². The molecular formula is C26H29N3O3S. The van der Waals surface area contributed by atoms with Crippen molar-refractivity contribution in [1.29, 1.82) is 0 Å². The van der Waals surface area contributed by atoms with E-state index in [2.05, 4.69) is 27.7 Å².